The first kappa shape index (κ1) is 14.7. The van der Waals surface area contributed by atoms with Gasteiger partial charge in [0, 0.05) is 31.0 Å². The van der Waals surface area contributed by atoms with Gasteiger partial charge in [0.05, 0.1) is 15.7 Å². The summed E-state index contributed by atoms with van der Waals surface area (Å²) >= 11 is 1.56. The minimum Gasteiger partial charge on any atom is -0.334 e. The number of amides is 1. The van der Waals surface area contributed by atoms with Gasteiger partial charge in [0.1, 0.15) is 0 Å². The van der Waals surface area contributed by atoms with Crippen LogP contribution in [0.4, 0.5) is 0 Å². The molecule has 0 atom stereocenters. The van der Waals surface area contributed by atoms with E-state index in [2.05, 4.69) is 16.9 Å². The molecule has 112 valence electrons. The van der Waals surface area contributed by atoms with E-state index in [1.807, 2.05) is 41.4 Å². The molecule has 0 spiro atoms. The predicted molar refractivity (Wildman–Crippen MR) is 88.9 cm³/mol. The van der Waals surface area contributed by atoms with E-state index in [0.29, 0.717) is 12.1 Å². The molecule has 0 aliphatic rings. The lowest BCUT2D eigenvalue weighted by atomic mass is 10.1. The van der Waals surface area contributed by atoms with Crippen LogP contribution >= 0.6 is 11.3 Å². The van der Waals surface area contributed by atoms with E-state index in [1.54, 1.807) is 23.0 Å². The van der Waals surface area contributed by atoms with Gasteiger partial charge >= 0.3 is 0 Å². The summed E-state index contributed by atoms with van der Waals surface area (Å²) in [5.74, 6) is 0.0565. The highest BCUT2D eigenvalue weighted by Gasteiger charge is 2.16. The van der Waals surface area contributed by atoms with E-state index in [-0.39, 0.29) is 5.91 Å². The number of carbonyl (C=O) groups excluding carboxylic acids is 1. The van der Waals surface area contributed by atoms with Gasteiger partial charge in [-0.25, -0.2) is 4.98 Å². The van der Waals surface area contributed by atoms with Crippen molar-refractivity contribution in [3.63, 3.8) is 0 Å². The Morgan fingerprint density at radius 2 is 2.23 bits per heavy atom. The van der Waals surface area contributed by atoms with Gasteiger partial charge in [-0.2, -0.15) is 0 Å². The van der Waals surface area contributed by atoms with Crippen molar-refractivity contribution in [2.45, 2.75) is 19.9 Å². The highest BCUT2D eigenvalue weighted by Crippen LogP contribution is 2.20. The Bertz CT molecular complexity index is 770. The molecule has 0 radical (unpaired) electrons. The summed E-state index contributed by atoms with van der Waals surface area (Å²) in [4.78, 5) is 23.0. The fourth-order valence-electron chi connectivity index (χ4n) is 2.41. The van der Waals surface area contributed by atoms with Crippen LogP contribution in [0.2, 0.25) is 0 Å². The molecule has 0 bridgehead atoms. The maximum absolute atomic E-state index is 12.8. The van der Waals surface area contributed by atoms with Gasteiger partial charge < -0.3 is 4.90 Å². The number of carbonyl (C=O) groups is 1. The minimum atomic E-state index is 0.0565. The Labute approximate surface area is 133 Å². The number of hydrogen-bond donors (Lipinski definition) is 0. The third-order valence-electron chi connectivity index (χ3n) is 3.46. The number of pyridine rings is 1. The van der Waals surface area contributed by atoms with Crippen LogP contribution < -0.4 is 0 Å². The van der Waals surface area contributed by atoms with E-state index in [4.69, 9.17) is 0 Å². The molecule has 5 heteroatoms. The van der Waals surface area contributed by atoms with E-state index < -0.39 is 0 Å². The number of aromatic nitrogens is 2. The van der Waals surface area contributed by atoms with Crippen molar-refractivity contribution < 1.29 is 4.79 Å². The Morgan fingerprint density at radius 3 is 3.00 bits per heavy atom. The molecular weight excluding hydrogens is 294 g/mol. The van der Waals surface area contributed by atoms with Gasteiger partial charge in [0.15, 0.2) is 0 Å². The van der Waals surface area contributed by atoms with Crippen molar-refractivity contribution in [1.82, 2.24) is 14.9 Å². The van der Waals surface area contributed by atoms with Gasteiger partial charge in [-0.1, -0.05) is 13.0 Å². The van der Waals surface area contributed by atoms with Gasteiger partial charge in [-0.15, -0.1) is 11.3 Å². The molecule has 0 aliphatic carbocycles. The summed E-state index contributed by atoms with van der Waals surface area (Å²) < 4.78 is 1.05. The van der Waals surface area contributed by atoms with Crippen LogP contribution in [0.3, 0.4) is 0 Å². The Balaban J connectivity index is 1.85. The maximum Gasteiger partial charge on any atom is 0.254 e. The normalized spacial score (nSPS) is 10.8. The molecule has 0 saturated heterocycles. The highest BCUT2D eigenvalue weighted by atomic mass is 32.1. The van der Waals surface area contributed by atoms with Gasteiger partial charge in [-0.05, 0) is 36.2 Å². The van der Waals surface area contributed by atoms with Gasteiger partial charge in [0.2, 0.25) is 0 Å². The predicted octanol–water partition coefficient (Wildman–Crippen LogP) is 3.74. The first-order valence-electron chi connectivity index (χ1n) is 7.29. The lowest BCUT2D eigenvalue weighted by Crippen LogP contribution is -2.31. The summed E-state index contributed by atoms with van der Waals surface area (Å²) in [6.45, 7) is 3.39. The van der Waals surface area contributed by atoms with Crippen LogP contribution in [-0.4, -0.2) is 27.3 Å². The molecule has 0 aliphatic heterocycles. The Morgan fingerprint density at radius 1 is 1.32 bits per heavy atom. The van der Waals surface area contributed by atoms with Gasteiger partial charge in [-0.3, -0.25) is 9.78 Å². The number of benzene rings is 1. The zero-order valence-corrected chi connectivity index (χ0v) is 13.2. The second-order valence-corrected chi connectivity index (χ2v) is 6.01. The molecular formula is C17H17N3OS. The molecule has 0 fully saturated rings. The molecule has 2 aromatic heterocycles. The van der Waals surface area contributed by atoms with E-state index in [1.165, 1.54) is 0 Å². The minimum absolute atomic E-state index is 0.0565. The number of hydrogen-bond acceptors (Lipinski definition) is 4. The zero-order valence-electron chi connectivity index (χ0n) is 12.4. The molecule has 4 nitrogen and oxygen atoms in total. The molecule has 3 rings (SSSR count). The van der Waals surface area contributed by atoms with Crippen LogP contribution in [0.15, 0.2) is 48.2 Å². The average molecular weight is 311 g/mol. The van der Waals surface area contributed by atoms with E-state index >= 15 is 0 Å². The first-order valence-corrected chi connectivity index (χ1v) is 8.17. The van der Waals surface area contributed by atoms with Crippen LogP contribution in [0.1, 0.15) is 29.3 Å². The maximum atomic E-state index is 12.8. The second kappa shape index (κ2) is 6.66. The fourth-order valence-corrected chi connectivity index (χ4v) is 3.12. The Hall–Kier alpha value is -2.27. The molecule has 2 heterocycles. The number of nitrogens with zero attached hydrogens (tertiary/aromatic N) is 3. The van der Waals surface area contributed by atoms with Crippen molar-refractivity contribution in [3.05, 3.63) is 59.4 Å². The van der Waals surface area contributed by atoms with E-state index in [9.17, 15) is 4.79 Å². The van der Waals surface area contributed by atoms with Crippen molar-refractivity contribution in [2.75, 3.05) is 6.54 Å². The lowest BCUT2D eigenvalue weighted by Gasteiger charge is -2.22. The van der Waals surface area contributed by atoms with Crippen LogP contribution in [-0.2, 0) is 6.54 Å². The number of fused-ring (bicyclic) bond motifs is 1. The smallest absolute Gasteiger partial charge is 0.254 e. The second-order valence-electron chi connectivity index (χ2n) is 5.12. The fraction of sp³-hybridized carbons (Fsp3) is 0.235. The summed E-state index contributed by atoms with van der Waals surface area (Å²) in [6, 6.07) is 9.59. The topological polar surface area (TPSA) is 46.1 Å². The number of rotatable bonds is 5. The molecule has 22 heavy (non-hydrogen) atoms. The molecule has 3 aromatic rings. The van der Waals surface area contributed by atoms with E-state index in [0.717, 1.165) is 28.7 Å². The third-order valence-corrected chi connectivity index (χ3v) is 4.25. The van der Waals surface area contributed by atoms with Crippen molar-refractivity contribution >= 4 is 27.5 Å². The zero-order chi connectivity index (χ0) is 15.4. The Kier molecular flexibility index (Phi) is 4.44. The summed E-state index contributed by atoms with van der Waals surface area (Å²) in [6.07, 6.45) is 4.48. The lowest BCUT2D eigenvalue weighted by molar-refractivity contribution is 0.0743. The quantitative estimate of drug-likeness (QED) is 0.721. The summed E-state index contributed by atoms with van der Waals surface area (Å²) in [7, 11) is 0. The highest BCUT2D eigenvalue weighted by molar-refractivity contribution is 7.16. The van der Waals surface area contributed by atoms with Crippen LogP contribution in [0, 0.1) is 0 Å². The number of thiazole rings is 1. The SMILES string of the molecule is CCCN(Cc1cccnc1)C(=O)c1ccc2ncsc2c1. The van der Waals surface area contributed by atoms with Crippen molar-refractivity contribution in [2.24, 2.45) is 0 Å². The van der Waals surface area contributed by atoms with Crippen molar-refractivity contribution in [3.8, 4) is 0 Å². The molecule has 1 aromatic carbocycles. The van der Waals surface area contributed by atoms with Crippen molar-refractivity contribution in [1.29, 1.82) is 0 Å². The third kappa shape index (κ3) is 3.14. The molecule has 0 unspecified atom stereocenters. The molecule has 0 saturated carbocycles. The first-order chi connectivity index (χ1) is 10.8. The molecule has 0 N–H and O–H groups in total. The molecule has 1 amide bonds. The summed E-state index contributed by atoms with van der Waals surface area (Å²) in [5.41, 5.74) is 4.51. The average Bonchev–Trinajstić information content (AvgIpc) is 3.02. The van der Waals surface area contributed by atoms with Crippen LogP contribution in [0.25, 0.3) is 10.2 Å². The summed E-state index contributed by atoms with van der Waals surface area (Å²) in [5, 5.41) is 0. The largest absolute Gasteiger partial charge is 0.334 e. The monoisotopic (exact) mass is 311 g/mol. The van der Waals surface area contributed by atoms with Crippen LogP contribution in [0.5, 0.6) is 0 Å². The standard InChI is InChI=1S/C17H17N3OS/c1-2-8-20(11-13-4-3-7-18-10-13)17(21)14-5-6-15-16(9-14)22-12-19-15/h3-7,9-10,12H,2,8,11H2,1H3. The van der Waals surface area contributed by atoms with Gasteiger partial charge in [0.25, 0.3) is 5.91 Å².